The molecule has 0 unspecified atom stereocenters. The molecule has 0 aromatic heterocycles. The molecule has 0 fully saturated rings. The van der Waals surface area contributed by atoms with Crippen LogP contribution in [0.15, 0.2) is 36.2 Å². The van der Waals surface area contributed by atoms with Gasteiger partial charge in [0.1, 0.15) is 0 Å². The Morgan fingerprint density at radius 3 is 2.25 bits per heavy atom. The van der Waals surface area contributed by atoms with E-state index in [0.717, 1.165) is 5.56 Å². The predicted molar refractivity (Wildman–Crippen MR) is 54.8 cm³/mol. The normalized spacial score (nSPS) is 9.75. The number of hydrogen-bond acceptors (Lipinski definition) is 1. The van der Waals surface area contributed by atoms with Crippen LogP contribution < -0.4 is 5.32 Å². The van der Waals surface area contributed by atoms with Gasteiger partial charge in [0, 0.05) is 5.69 Å². The Kier molecular flexibility index (Phi) is 4.10. The Morgan fingerprint density at radius 2 is 1.75 bits per heavy atom. The molecule has 1 N–H and O–H groups in total. The third kappa shape index (κ3) is 3.76. The standard InChI is InChI=1S/C11H10F3NO/c1-7-2-4-8(5-3-7)15-10(16)6-9(12)11(13)14/h2-5H,6H2,1H3,(H,15,16). The molecule has 0 saturated heterocycles. The van der Waals surface area contributed by atoms with Crippen LogP contribution in [0.2, 0.25) is 0 Å². The van der Waals surface area contributed by atoms with Crippen molar-refractivity contribution >= 4 is 11.6 Å². The summed E-state index contributed by atoms with van der Waals surface area (Å²) in [6.45, 7) is 1.87. The maximum atomic E-state index is 12.4. The zero-order valence-electron chi connectivity index (χ0n) is 8.56. The van der Waals surface area contributed by atoms with E-state index in [-0.39, 0.29) is 0 Å². The van der Waals surface area contributed by atoms with Crippen molar-refractivity contribution in [1.29, 1.82) is 0 Å². The summed E-state index contributed by atoms with van der Waals surface area (Å²) in [7, 11) is 0. The highest BCUT2D eigenvalue weighted by molar-refractivity contribution is 5.92. The van der Waals surface area contributed by atoms with Crippen LogP contribution in [-0.2, 0) is 4.79 Å². The molecule has 0 atom stereocenters. The summed E-state index contributed by atoms with van der Waals surface area (Å²) in [6.07, 6.45) is -3.41. The minimum atomic E-state index is -2.46. The molecule has 0 heterocycles. The van der Waals surface area contributed by atoms with Gasteiger partial charge in [0.25, 0.3) is 0 Å². The molecule has 86 valence electrons. The van der Waals surface area contributed by atoms with Crippen molar-refractivity contribution in [1.82, 2.24) is 0 Å². The predicted octanol–water partition coefficient (Wildman–Crippen LogP) is 3.40. The number of rotatable bonds is 3. The first kappa shape index (κ1) is 12.3. The second-order valence-corrected chi connectivity index (χ2v) is 3.26. The summed E-state index contributed by atoms with van der Waals surface area (Å²) in [4.78, 5) is 11.1. The Balaban J connectivity index is 2.59. The molecule has 1 amide bonds. The SMILES string of the molecule is Cc1ccc(NC(=O)CC(F)=C(F)F)cc1. The quantitative estimate of drug-likeness (QED) is 0.845. The summed E-state index contributed by atoms with van der Waals surface area (Å²) in [6, 6.07) is 6.72. The summed E-state index contributed by atoms with van der Waals surface area (Å²) in [5, 5.41) is 2.31. The molecule has 5 heteroatoms. The van der Waals surface area contributed by atoms with E-state index in [9.17, 15) is 18.0 Å². The van der Waals surface area contributed by atoms with E-state index in [1.54, 1.807) is 24.3 Å². The van der Waals surface area contributed by atoms with Gasteiger partial charge in [-0.25, -0.2) is 4.39 Å². The topological polar surface area (TPSA) is 29.1 Å². The molecule has 0 saturated carbocycles. The number of halogens is 3. The fourth-order valence-corrected chi connectivity index (χ4v) is 1.05. The average Bonchev–Trinajstić information content (AvgIpc) is 2.21. The molecule has 1 aromatic carbocycles. The van der Waals surface area contributed by atoms with Gasteiger partial charge in [-0.2, -0.15) is 8.78 Å². The molecule has 1 rings (SSSR count). The molecule has 1 aromatic rings. The van der Waals surface area contributed by atoms with Crippen molar-refractivity contribution in [3.63, 3.8) is 0 Å². The van der Waals surface area contributed by atoms with Gasteiger partial charge in [0.15, 0.2) is 5.83 Å². The van der Waals surface area contributed by atoms with Gasteiger partial charge < -0.3 is 5.32 Å². The molecule has 0 radical (unpaired) electrons. The number of amides is 1. The number of aryl methyl sites for hydroxylation is 1. The number of hydrogen-bond donors (Lipinski definition) is 1. The van der Waals surface area contributed by atoms with Crippen LogP contribution >= 0.6 is 0 Å². The van der Waals surface area contributed by atoms with Gasteiger partial charge in [0.2, 0.25) is 5.91 Å². The van der Waals surface area contributed by atoms with Crippen LogP contribution in [0.1, 0.15) is 12.0 Å². The van der Waals surface area contributed by atoms with E-state index in [1.165, 1.54) is 0 Å². The van der Waals surface area contributed by atoms with Gasteiger partial charge in [-0.05, 0) is 19.1 Å². The molecule has 0 aliphatic heterocycles. The lowest BCUT2D eigenvalue weighted by Crippen LogP contribution is -2.11. The van der Waals surface area contributed by atoms with Crippen molar-refractivity contribution in [3.05, 3.63) is 41.7 Å². The van der Waals surface area contributed by atoms with E-state index in [0.29, 0.717) is 5.69 Å². The average molecular weight is 229 g/mol. The Hall–Kier alpha value is -1.78. The van der Waals surface area contributed by atoms with E-state index >= 15 is 0 Å². The van der Waals surface area contributed by atoms with E-state index < -0.39 is 24.2 Å². The number of anilines is 1. The van der Waals surface area contributed by atoms with Crippen molar-refractivity contribution in [2.75, 3.05) is 5.32 Å². The number of carbonyl (C=O) groups is 1. The summed E-state index contributed by atoms with van der Waals surface area (Å²) < 4.78 is 35.8. The van der Waals surface area contributed by atoms with Crippen molar-refractivity contribution in [2.45, 2.75) is 13.3 Å². The largest absolute Gasteiger partial charge is 0.326 e. The maximum absolute atomic E-state index is 12.4. The van der Waals surface area contributed by atoms with Crippen LogP contribution in [0.4, 0.5) is 18.9 Å². The first-order chi connectivity index (χ1) is 7.49. The van der Waals surface area contributed by atoms with Crippen LogP contribution in [-0.4, -0.2) is 5.91 Å². The van der Waals surface area contributed by atoms with Crippen LogP contribution in [0.5, 0.6) is 0 Å². The molecule has 16 heavy (non-hydrogen) atoms. The van der Waals surface area contributed by atoms with Gasteiger partial charge >= 0.3 is 6.08 Å². The lowest BCUT2D eigenvalue weighted by molar-refractivity contribution is -0.115. The minimum absolute atomic E-state index is 0.447. The van der Waals surface area contributed by atoms with Gasteiger partial charge in [0.05, 0.1) is 6.42 Å². The highest BCUT2D eigenvalue weighted by atomic mass is 19.3. The van der Waals surface area contributed by atoms with Crippen molar-refractivity contribution < 1.29 is 18.0 Å². The smallest absolute Gasteiger partial charge is 0.302 e. The zero-order chi connectivity index (χ0) is 12.1. The van der Waals surface area contributed by atoms with Gasteiger partial charge in [-0.15, -0.1) is 0 Å². The highest BCUT2D eigenvalue weighted by Gasteiger charge is 2.11. The maximum Gasteiger partial charge on any atom is 0.302 e. The molecule has 0 spiro atoms. The third-order valence-electron chi connectivity index (χ3n) is 1.86. The Bertz CT molecular complexity index is 408. The first-order valence-corrected chi connectivity index (χ1v) is 4.55. The zero-order valence-corrected chi connectivity index (χ0v) is 8.56. The number of carbonyl (C=O) groups excluding carboxylic acids is 1. The lowest BCUT2D eigenvalue weighted by Gasteiger charge is -2.04. The minimum Gasteiger partial charge on any atom is -0.326 e. The summed E-state index contributed by atoms with van der Waals surface area (Å²) in [5.41, 5.74) is 1.45. The summed E-state index contributed by atoms with van der Waals surface area (Å²) >= 11 is 0. The molecule has 0 bridgehead atoms. The van der Waals surface area contributed by atoms with E-state index in [1.807, 2.05) is 6.92 Å². The molecule has 0 aliphatic carbocycles. The van der Waals surface area contributed by atoms with Crippen LogP contribution in [0.25, 0.3) is 0 Å². The van der Waals surface area contributed by atoms with Crippen molar-refractivity contribution in [2.24, 2.45) is 0 Å². The first-order valence-electron chi connectivity index (χ1n) is 4.55. The van der Waals surface area contributed by atoms with E-state index in [4.69, 9.17) is 0 Å². The molecular formula is C11H10F3NO. The van der Waals surface area contributed by atoms with Gasteiger partial charge in [-0.3, -0.25) is 4.79 Å². The fraction of sp³-hybridized carbons (Fsp3) is 0.182. The number of nitrogens with one attached hydrogen (secondary N) is 1. The van der Waals surface area contributed by atoms with Crippen molar-refractivity contribution in [3.8, 4) is 0 Å². The monoisotopic (exact) mass is 229 g/mol. The highest BCUT2D eigenvalue weighted by Crippen LogP contribution is 2.15. The molecule has 0 aliphatic rings. The second-order valence-electron chi connectivity index (χ2n) is 3.26. The molecular weight excluding hydrogens is 219 g/mol. The number of benzene rings is 1. The van der Waals surface area contributed by atoms with Crippen LogP contribution in [0.3, 0.4) is 0 Å². The van der Waals surface area contributed by atoms with E-state index in [2.05, 4.69) is 5.32 Å². The third-order valence-corrected chi connectivity index (χ3v) is 1.86. The second kappa shape index (κ2) is 5.34. The Labute approximate surface area is 90.8 Å². The summed E-state index contributed by atoms with van der Waals surface area (Å²) in [5.74, 6) is -2.52. The lowest BCUT2D eigenvalue weighted by atomic mass is 10.2. The fourth-order valence-electron chi connectivity index (χ4n) is 1.05. The molecule has 2 nitrogen and oxygen atoms in total. The van der Waals surface area contributed by atoms with Gasteiger partial charge in [-0.1, -0.05) is 17.7 Å². The van der Waals surface area contributed by atoms with Crippen LogP contribution in [0, 0.1) is 6.92 Å². The Morgan fingerprint density at radius 1 is 1.19 bits per heavy atom.